The van der Waals surface area contributed by atoms with E-state index in [0.29, 0.717) is 0 Å². The van der Waals surface area contributed by atoms with Crippen LogP contribution < -0.4 is 16.4 Å². The van der Waals surface area contributed by atoms with Crippen molar-refractivity contribution in [3.8, 4) is 0 Å². The van der Waals surface area contributed by atoms with Crippen LogP contribution in [0.25, 0.3) is 0 Å². The van der Waals surface area contributed by atoms with Gasteiger partial charge in [-0.2, -0.15) is 0 Å². The number of nitrogens with two attached hydrogens (primary N) is 1. The van der Waals surface area contributed by atoms with Crippen molar-refractivity contribution in [3.05, 3.63) is 47.8 Å². The summed E-state index contributed by atoms with van der Waals surface area (Å²) in [5.74, 6) is -0.749. The Morgan fingerprint density at radius 3 is 2.56 bits per heavy atom. The maximum Gasteiger partial charge on any atom is 0.412 e. The molecule has 18 heavy (non-hydrogen) atoms. The summed E-state index contributed by atoms with van der Waals surface area (Å²) >= 11 is 0. The van der Waals surface area contributed by atoms with Gasteiger partial charge < -0.3 is 15.8 Å². The first-order chi connectivity index (χ1) is 8.63. The number of hydrogen-bond donors (Lipinski definition) is 3. The average molecular weight is 249 g/mol. The maximum atomic E-state index is 11.4. The summed E-state index contributed by atoms with van der Waals surface area (Å²) in [7, 11) is 1.58. The third-order valence-corrected chi connectivity index (χ3v) is 2.00. The van der Waals surface area contributed by atoms with Gasteiger partial charge in [0.1, 0.15) is 12.3 Å². The largest absolute Gasteiger partial charge is 0.444 e. The number of alkyl carbamates (subject to hydrolysis) is 1. The van der Waals surface area contributed by atoms with Crippen molar-refractivity contribution in [3.63, 3.8) is 0 Å². The van der Waals surface area contributed by atoms with Crippen LogP contribution in [0.15, 0.2) is 42.2 Å². The third kappa shape index (κ3) is 4.56. The number of carbonyl (C=O) groups is 2. The second-order valence-electron chi connectivity index (χ2n) is 3.40. The second-order valence-corrected chi connectivity index (χ2v) is 3.40. The molecule has 0 spiro atoms. The van der Waals surface area contributed by atoms with Gasteiger partial charge in [-0.15, -0.1) is 0 Å². The minimum absolute atomic E-state index is 0.0597. The quantitative estimate of drug-likeness (QED) is 0.661. The van der Waals surface area contributed by atoms with E-state index in [1.165, 1.54) is 6.20 Å². The number of nitrogens with one attached hydrogen (secondary N) is 2. The van der Waals surface area contributed by atoms with E-state index in [1.807, 2.05) is 30.3 Å². The number of hydrogen-bond acceptors (Lipinski definition) is 4. The minimum Gasteiger partial charge on any atom is -0.444 e. The molecular formula is C12H15N3O3. The van der Waals surface area contributed by atoms with Crippen LogP contribution in [0.5, 0.6) is 0 Å². The van der Waals surface area contributed by atoms with Crippen LogP contribution >= 0.6 is 0 Å². The summed E-state index contributed by atoms with van der Waals surface area (Å²) in [4.78, 5) is 22.3. The highest BCUT2D eigenvalue weighted by Gasteiger charge is 2.10. The number of amides is 2. The van der Waals surface area contributed by atoms with Crippen molar-refractivity contribution in [2.75, 3.05) is 7.05 Å². The molecule has 6 heteroatoms. The molecule has 0 aliphatic heterocycles. The van der Waals surface area contributed by atoms with Gasteiger partial charge in [0.15, 0.2) is 0 Å². The Hall–Kier alpha value is -2.50. The Bertz CT molecular complexity index is 443. The molecule has 0 aliphatic rings. The van der Waals surface area contributed by atoms with Crippen LogP contribution in [0.3, 0.4) is 0 Å². The lowest BCUT2D eigenvalue weighted by Gasteiger charge is -2.08. The second kappa shape index (κ2) is 6.95. The van der Waals surface area contributed by atoms with E-state index >= 15 is 0 Å². The van der Waals surface area contributed by atoms with Gasteiger partial charge in [0.2, 0.25) is 0 Å². The van der Waals surface area contributed by atoms with E-state index in [2.05, 4.69) is 10.6 Å². The molecule has 6 nitrogen and oxygen atoms in total. The first-order valence-electron chi connectivity index (χ1n) is 5.28. The summed E-state index contributed by atoms with van der Waals surface area (Å²) in [5.41, 5.74) is 5.85. The van der Waals surface area contributed by atoms with Crippen molar-refractivity contribution in [2.24, 2.45) is 5.73 Å². The van der Waals surface area contributed by atoms with Crippen molar-refractivity contribution in [1.29, 1.82) is 0 Å². The number of benzene rings is 1. The molecule has 2 amide bonds. The highest BCUT2D eigenvalue weighted by atomic mass is 16.5. The Labute approximate surface area is 105 Å². The number of rotatable bonds is 5. The lowest BCUT2D eigenvalue weighted by atomic mass is 10.2. The summed E-state index contributed by atoms with van der Waals surface area (Å²) in [6.45, 7) is 0.123. The van der Waals surface area contributed by atoms with E-state index in [9.17, 15) is 9.59 Å². The molecule has 4 N–H and O–H groups in total. The van der Waals surface area contributed by atoms with E-state index < -0.39 is 12.0 Å². The molecule has 0 radical (unpaired) electrons. The number of ether oxygens (including phenoxy) is 1. The van der Waals surface area contributed by atoms with Crippen molar-refractivity contribution in [1.82, 2.24) is 10.6 Å². The molecule has 1 aromatic rings. The van der Waals surface area contributed by atoms with Gasteiger partial charge in [0.05, 0.1) is 0 Å². The van der Waals surface area contributed by atoms with Gasteiger partial charge in [-0.05, 0) is 5.56 Å². The van der Waals surface area contributed by atoms with Crippen LogP contribution in [-0.2, 0) is 16.1 Å². The van der Waals surface area contributed by atoms with Gasteiger partial charge >= 0.3 is 6.09 Å². The Kier molecular flexibility index (Phi) is 5.24. The lowest BCUT2D eigenvalue weighted by Crippen LogP contribution is -2.32. The average Bonchev–Trinajstić information content (AvgIpc) is 2.37. The molecule has 0 unspecified atom stereocenters. The normalized spacial score (nSPS) is 10.6. The van der Waals surface area contributed by atoms with Crippen molar-refractivity contribution in [2.45, 2.75) is 6.61 Å². The third-order valence-electron chi connectivity index (χ3n) is 2.00. The molecule has 0 heterocycles. The fraction of sp³-hybridized carbons (Fsp3) is 0.167. The molecule has 0 saturated carbocycles. The number of carbonyl (C=O) groups excluding carboxylic acids is 2. The molecule has 0 aromatic heterocycles. The summed E-state index contributed by atoms with van der Waals surface area (Å²) in [5, 5.41) is 4.85. The zero-order chi connectivity index (χ0) is 13.4. The van der Waals surface area contributed by atoms with Gasteiger partial charge in [-0.3, -0.25) is 10.1 Å². The highest BCUT2D eigenvalue weighted by Crippen LogP contribution is 2.00. The van der Waals surface area contributed by atoms with Gasteiger partial charge in [-0.1, -0.05) is 30.3 Å². The zero-order valence-corrected chi connectivity index (χ0v) is 9.97. The highest BCUT2D eigenvalue weighted by molar-refractivity contribution is 5.94. The molecule has 0 fully saturated rings. The van der Waals surface area contributed by atoms with Crippen molar-refractivity contribution < 1.29 is 14.3 Å². The predicted molar refractivity (Wildman–Crippen MR) is 66.1 cm³/mol. The van der Waals surface area contributed by atoms with E-state index in [1.54, 1.807) is 7.05 Å². The standard InChI is InChI=1S/C12H15N3O3/c1-14-7-10(11(13)16)15-12(17)18-8-9-5-3-2-4-6-9/h2-7,14H,8H2,1H3,(H2,13,16)(H,15,17)/b10-7+. The van der Waals surface area contributed by atoms with Crippen LogP contribution in [0.4, 0.5) is 4.79 Å². The van der Waals surface area contributed by atoms with Gasteiger partial charge in [0.25, 0.3) is 5.91 Å². The Balaban J connectivity index is 2.47. The predicted octanol–water partition coefficient (Wildman–Crippen LogP) is 0.459. The molecule has 0 atom stereocenters. The smallest absolute Gasteiger partial charge is 0.412 e. The fourth-order valence-electron chi connectivity index (χ4n) is 1.18. The van der Waals surface area contributed by atoms with E-state index in [-0.39, 0.29) is 12.3 Å². The molecule has 1 rings (SSSR count). The summed E-state index contributed by atoms with van der Waals surface area (Å²) in [6, 6.07) is 9.19. The molecule has 0 aliphatic carbocycles. The first kappa shape index (κ1) is 13.6. The minimum atomic E-state index is -0.749. The van der Waals surface area contributed by atoms with E-state index in [4.69, 9.17) is 10.5 Å². The Morgan fingerprint density at radius 2 is 2.00 bits per heavy atom. The van der Waals surface area contributed by atoms with Crippen LogP contribution in [0, 0.1) is 0 Å². The molecule has 0 bridgehead atoms. The maximum absolute atomic E-state index is 11.4. The molecule has 0 saturated heterocycles. The zero-order valence-electron chi connectivity index (χ0n) is 9.97. The SMILES string of the molecule is CN/C=C(/NC(=O)OCc1ccccc1)C(N)=O. The van der Waals surface area contributed by atoms with Crippen LogP contribution in [0.2, 0.25) is 0 Å². The molecule has 96 valence electrons. The van der Waals surface area contributed by atoms with Crippen LogP contribution in [0.1, 0.15) is 5.56 Å². The van der Waals surface area contributed by atoms with E-state index in [0.717, 1.165) is 5.56 Å². The topological polar surface area (TPSA) is 93.4 Å². The fourth-order valence-corrected chi connectivity index (χ4v) is 1.18. The van der Waals surface area contributed by atoms with Gasteiger partial charge in [0, 0.05) is 13.2 Å². The number of primary amides is 1. The molecular weight excluding hydrogens is 234 g/mol. The van der Waals surface area contributed by atoms with Gasteiger partial charge in [-0.25, -0.2) is 4.79 Å². The molecule has 1 aromatic carbocycles. The van der Waals surface area contributed by atoms with Crippen molar-refractivity contribution >= 4 is 12.0 Å². The monoisotopic (exact) mass is 249 g/mol. The summed E-state index contributed by atoms with van der Waals surface area (Å²) in [6.07, 6.45) is 0.547. The Morgan fingerprint density at radius 1 is 1.33 bits per heavy atom. The first-order valence-corrected chi connectivity index (χ1v) is 5.28. The summed E-state index contributed by atoms with van der Waals surface area (Å²) < 4.78 is 4.93. The lowest BCUT2D eigenvalue weighted by molar-refractivity contribution is -0.114. The van der Waals surface area contributed by atoms with Crippen LogP contribution in [-0.4, -0.2) is 19.0 Å².